The van der Waals surface area contributed by atoms with Gasteiger partial charge in [-0.15, -0.1) is 0 Å². The topological polar surface area (TPSA) is 51.5 Å². The minimum atomic E-state index is -0.214. The third-order valence-corrected chi connectivity index (χ3v) is 2.47. The lowest BCUT2D eigenvalue weighted by Crippen LogP contribution is -2.28. The molecule has 0 saturated heterocycles. The number of aryl methyl sites for hydroxylation is 1. The van der Waals surface area contributed by atoms with Crippen molar-refractivity contribution in [2.24, 2.45) is 0 Å². The lowest BCUT2D eigenvalue weighted by molar-refractivity contribution is 0.0918. The van der Waals surface area contributed by atoms with Crippen LogP contribution >= 0.6 is 0 Å². The summed E-state index contributed by atoms with van der Waals surface area (Å²) < 4.78 is 10.5. The molecule has 2 aromatic rings. The van der Waals surface area contributed by atoms with Crippen molar-refractivity contribution < 1.29 is 13.9 Å². The summed E-state index contributed by atoms with van der Waals surface area (Å²) in [5.74, 6) is 0.935. The molecule has 1 amide bonds. The molecule has 94 valence electrons. The number of amides is 1. The first-order valence-electron chi connectivity index (χ1n) is 5.77. The van der Waals surface area contributed by atoms with Gasteiger partial charge in [-0.1, -0.05) is 18.2 Å². The molecule has 0 spiro atoms. The minimum absolute atomic E-state index is 0.214. The summed E-state index contributed by atoms with van der Waals surface area (Å²) >= 11 is 0. The van der Waals surface area contributed by atoms with Gasteiger partial charge in [0.1, 0.15) is 12.4 Å². The van der Waals surface area contributed by atoms with Crippen LogP contribution in [0, 0.1) is 6.92 Å². The Morgan fingerprint density at radius 2 is 2.06 bits per heavy atom. The van der Waals surface area contributed by atoms with Gasteiger partial charge >= 0.3 is 0 Å². The number of rotatable bonds is 5. The maximum atomic E-state index is 11.7. The summed E-state index contributed by atoms with van der Waals surface area (Å²) in [6, 6.07) is 11.2. The highest BCUT2D eigenvalue weighted by atomic mass is 16.5. The smallest absolute Gasteiger partial charge is 0.287 e. The summed E-state index contributed by atoms with van der Waals surface area (Å²) in [5, 5.41) is 2.74. The van der Waals surface area contributed by atoms with Crippen molar-refractivity contribution >= 4 is 5.91 Å². The van der Waals surface area contributed by atoms with Crippen molar-refractivity contribution in [2.45, 2.75) is 6.92 Å². The maximum Gasteiger partial charge on any atom is 0.287 e. The number of para-hydroxylation sites is 1. The quantitative estimate of drug-likeness (QED) is 0.823. The zero-order chi connectivity index (χ0) is 12.8. The molecule has 0 bridgehead atoms. The van der Waals surface area contributed by atoms with E-state index in [1.54, 1.807) is 6.07 Å². The molecule has 0 aliphatic heterocycles. The third-order valence-electron chi connectivity index (χ3n) is 2.47. The molecule has 0 fully saturated rings. The zero-order valence-corrected chi connectivity index (χ0v) is 10.2. The largest absolute Gasteiger partial charge is 0.492 e. The van der Waals surface area contributed by atoms with Crippen molar-refractivity contribution in [3.8, 4) is 5.75 Å². The highest BCUT2D eigenvalue weighted by Gasteiger charge is 2.11. The molecular weight excluding hydrogens is 230 g/mol. The fraction of sp³-hybridized carbons (Fsp3) is 0.214. The average molecular weight is 245 g/mol. The van der Waals surface area contributed by atoms with Crippen LogP contribution in [0.1, 0.15) is 16.1 Å². The van der Waals surface area contributed by atoms with E-state index in [0.717, 1.165) is 11.3 Å². The molecule has 1 aromatic carbocycles. The monoisotopic (exact) mass is 245 g/mol. The van der Waals surface area contributed by atoms with Gasteiger partial charge in [-0.2, -0.15) is 0 Å². The van der Waals surface area contributed by atoms with Crippen LogP contribution in [0.25, 0.3) is 0 Å². The molecule has 0 saturated carbocycles. The number of furan rings is 1. The number of ether oxygens (including phenoxy) is 1. The lowest BCUT2D eigenvalue weighted by atomic mass is 10.3. The van der Waals surface area contributed by atoms with E-state index in [0.29, 0.717) is 18.9 Å². The zero-order valence-electron chi connectivity index (χ0n) is 10.2. The van der Waals surface area contributed by atoms with E-state index in [-0.39, 0.29) is 5.91 Å². The highest BCUT2D eigenvalue weighted by molar-refractivity contribution is 5.92. The van der Waals surface area contributed by atoms with Crippen LogP contribution in [0.2, 0.25) is 0 Å². The number of benzene rings is 1. The van der Waals surface area contributed by atoms with Crippen molar-refractivity contribution in [1.82, 2.24) is 5.32 Å². The van der Waals surface area contributed by atoms with Crippen molar-refractivity contribution in [3.05, 3.63) is 54.0 Å². The van der Waals surface area contributed by atoms with Gasteiger partial charge in [0.05, 0.1) is 12.8 Å². The highest BCUT2D eigenvalue weighted by Crippen LogP contribution is 2.09. The second-order valence-corrected chi connectivity index (χ2v) is 3.85. The van der Waals surface area contributed by atoms with Gasteiger partial charge in [0.15, 0.2) is 5.76 Å². The molecule has 1 heterocycles. The number of hydrogen-bond acceptors (Lipinski definition) is 3. The lowest BCUT2D eigenvalue weighted by Gasteiger charge is -2.06. The SMILES string of the molecule is Cc1ccoc1C(=O)NCCOc1ccccc1. The Kier molecular flexibility index (Phi) is 4.02. The summed E-state index contributed by atoms with van der Waals surface area (Å²) in [6.07, 6.45) is 1.50. The van der Waals surface area contributed by atoms with Gasteiger partial charge in [-0.05, 0) is 25.1 Å². The Labute approximate surface area is 106 Å². The van der Waals surface area contributed by atoms with E-state index in [1.165, 1.54) is 6.26 Å². The average Bonchev–Trinajstić information content (AvgIpc) is 2.82. The molecule has 4 heteroatoms. The van der Waals surface area contributed by atoms with Gasteiger partial charge in [0.2, 0.25) is 0 Å². The molecule has 1 N–H and O–H groups in total. The molecule has 4 nitrogen and oxygen atoms in total. The molecule has 2 rings (SSSR count). The van der Waals surface area contributed by atoms with Crippen molar-refractivity contribution in [3.63, 3.8) is 0 Å². The van der Waals surface area contributed by atoms with Gasteiger partial charge in [-0.25, -0.2) is 0 Å². The van der Waals surface area contributed by atoms with E-state index >= 15 is 0 Å². The maximum absolute atomic E-state index is 11.7. The number of hydrogen-bond donors (Lipinski definition) is 1. The fourth-order valence-corrected chi connectivity index (χ4v) is 1.54. The summed E-state index contributed by atoms with van der Waals surface area (Å²) in [4.78, 5) is 11.7. The Hall–Kier alpha value is -2.23. The molecule has 0 aliphatic carbocycles. The van der Waals surface area contributed by atoms with Crippen LogP contribution in [0.3, 0.4) is 0 Å². The van der Waals surface area contributed by atoms with E-state index in [1.807, 2.05) is 37.3 Å². The first-order valence-corrected chi connectivity index (χ1v) is 5.77. The van der Waals surface area contributed by atoms with E-state index in [2.05, 4.69) is 5.32 Å². The van der Waals surface area contributed by atoms with Gasteiger partial charge in [0.25, 0.3) is 5.91 Å². The first-order chi connectivity index (χ1) is 8.77. The van der Waals surface area contributed by atoms with E-state index in [4.69, 9.17) is 9.15 Å². The van der Waals surface area contributed by atoms with Crippen LogP contribution in [-0.4, -0.2) is 19.1 Å². The van der Waals surface area contributed by atoms with Crippen LogP contribution in [0.15, 0.2) is 47.1 Å². The normalized spacial score (nSPS) is 10.1. The molecule has 18 heavy (non-hydrogen) atoms. The fourth-order valence-electron chi connectivity index (χ4n) is 1.54. The standard InChI is InChI=1S/C14H15NO3/c1-11-7-9-18-13(11)14(16)15-8-10-17-12-5-3-2-4-6-12/h2-7,9H,8,10H2,1H3,(H,15,16). The number of carbonyl (C=O) groups is 1. The third kappa shape index (κ3) is 3.13. The van der Waals surface area contributed by atoms with E-state index in [9.17, 15) is 4.79 Å². The second kappa shape index (κ2) is 5.91. The van der Waals surface area contributed by atoms with Crippen LogP contribution in [-0.2, 0) is 0 Å². The molecule has 0 radical (unpaired) electrons. The van der Waals surface area contributed by atoms with Crippen molar-refractivity contribution in [2.75, 3.05) is 13.2 Å². The summed E-state index contributed by atoms with van der Waals surface area (Å²) in [6.45, 7) is 2.70. The van der Waals surface area contributed by atoms with Crippen LogP contribution in [0.5, 0.6) is 5.75 Å². The molecule has 0 atom stereocenters. The van der Waals surface area contributed by atoms with Gasteiger partial charge < -0.3 is 14.5 Å². The van der Waals surface area contributed by atoms with Crippen LogP contribution < -0.4 is 10.1 Å². The van der Waals surface area contributed by atoms with E-state index < -0.39 is 0 Å². The second-order valence-electron chi connectivity index (χ2n) is 3.85. The molecular formula is C14H15NO3. The minimum Gasteiger partial charge on any atom is -0.492 e. The Morgan fingerprint density at radius 1 is 1.28 bits per heavy atom. The predicted molar refractivity (Wildman–Crippen MR) is 67.7 cm³/mol. The molecule has 1 aromatic heterocycles. The summed E-state index contributed by atoms with van der Waals surface area (Å²) in [5.41, 5.74) is 0.830. The molecule has 0 aliphatic rings. The Balaban J connectivity index is 1.73. The predicted octanol–water partition coefficient (Wildman–Crippen LogP) is 2.40. The molecule has 0 unspecified atom stereocenters. The van der Waals surface area contributed by atoms with Crippen molar-refractivity contribution in [1.29, 1.82) is 0 Å². The Bertz CT molecular complexity index is 505. The summed E-state index contributed by atoms with van der Waals surface area (Å²) in [7, 11) is 0. The van der Waals surface area contributed by atoms with Gasteiger partial charge in [-0.3, -0.25) is 4.79 Å². The van der Waals surface area contributed by atoms with Crippen LogP contribution in [0.4, 0.5) is 0 Å². The number of carbonyl (C=O) groups excluding carboxylic acids is 1. The van der Waals surface area contributed by atoms with Gasteiger partial charge in [0, 0.05) is 5.56 Å². The number of nitrogens with one attached hydrogen (secondary N) is 1. The first kappa shape index (κ1) is 12.2. The Morgan fingerprint density at radius 3 is 2.72 bits per heavy atom.